The fourth-order valence-electron chi connectivity index (χ4n) is 1.91. The molecule has 0 unspecified atom stereocenters. The molecule has 0 radical (unpaired) electrons. The molecule has 4 nitrogen and oxygen atoms in total. The van der Waals surface area contributed by atoms with Crippen LogP contribution in [0.3, 0.4) is 0 Å². The molecule has 1 aromatic heterocycles. The van der Waals surface area contributed by atoms with Crippen LogP contribution in [0.15, 0.2) is 6.33 Å². The van der Waals surface area contributed by atoms with Crippen LogP contribution >= 0.6 is 0 Å². The highest BCUT2D eigenvalue weighted by Gasteiger charge is 2.13. The van der Waals surface area contributed by atoms with Crippen molar-refractivity contribution in [1.29, 1.82) is 0 Å². The summed E-state index contributed by atoms with van der Waals surface area (Å²) >= 11 is 0. The molecule has 0 spiro atoms. The van der Waals surface area contributed by atoms with Gasteiger partial charge >= 0.3 is 0 Å². The molecule has 0 fully saturated rings. The second-order valence-electron chi connectivity index (χ2n) is 4.63. The van der Waals surface area contributed by atoms with Crippen molar-refractivity contribution in [2.75, 3.05) is 29.9 Å². The summed E-state index contributed by atoms with van der Waals surface area (Å²) in [6, 6.07) is 0. The SMILES string of the molecule is CCNc1ncnc(N(CC)CC(C)C)c1C. The molecule has 0 bridgehead atoms. The first-order valence-electron chi connectivity index (χ1n) is 6.40. The van der Waals surface area contributed by atoms with Gasteiger partial charge in [0.2, 0.25) is 0 Å². The molecule has 1 rings (SSSR count). The van der Waals surface area contributed by atoms with Crippen molar-refractivity contribution >= 4 is 11.6 Å². The van der Waals surface area contributed by atoms with Crippen molar-refractivity contribution in [3.63, 3.8) is 0 Å². The second-order valence-corrected chi connectivity index (χ2v) is 4.63. The van der Waals surface area contributed by atoms with E-state index in [4.69, 9.17) is 0 Å². The summed E-state index contributed by atoms with van der Waals surface area (Å²) in [6.45, 7) is 13.7. The number of anilines is 2. The summed E-state index contributed by atoms with van der Waals surface area (Å²) in [4.78, 5) is 11.0. The molecule has 1 aromatic rings. The largest absolute Gasteiger partial charge is 0.370 e. The van der Waals surface area contributed by atoms with E-state index in [1.54, 1.807) is 6.33 Å². The lowest BCUT2D eigenvalue weighted by Crippen LogP contribution is -2.29. The summed E-state index contributed by atoms with van der Waals surface area (Å²) in [5.41, 5.74) is 1.14. The maximum absolute atomic E-state index is 4.42. The Morgan fingerprint density at radius 3 is 2.53 bits per heavy atom. The minimum Gasteiger partial charge on any atom is -0.370 e. The number of nitrogens with one attached hydrogen (secondary N) is 1. The summed E-state index contributed by atoms with van der Waals surface area (Å²) < 4.78 is 0. The topological polar surface area (TPSA) is 41.1 Å². The number of aromatic nitrogens is 2. The van der Waals surface area contributed by atoms with Gasteiger partial charge in [0.25, 0.3) is 0 Å². The lowest BCUT2D eigenvalue weighted by Gasteiger charge is -2.26. The Labute approximate surface area is 104 Å². The average Bonchev–Trinajstić information content (AvgIpc) is 2.29. The number of hydrogen-bond donors (Lipinski definition) is 1. The highest BCUT2D eigenvalue weighted by molar-refractivity contribution is 5.57. The summed E-state index contributed by atoms with van der Waals surface area (Å²) in [5.74, 6) is 2.62. The molecule has 0 aromatic carbocycles. The Balaban J connectivity index is 2.98. The van der Waals surface area contributed by atoms with Gasteiger partial charge in [0, 0.05) is 25.2 Å². The zero-order valence-electron chi connectivity index (χ0n) is 11.6. The maximum atomic E-state index is 4.42. The van der Waals surface area contributed by atoms with Crippen LogP contribution < -0.4 is 10.2 Å². The van der Waals surface area contributed by atoms with Gasteiger partial charge in [0.05, 0.1) is 0 Å². The highest BCUT2D eigenvalue weighted by Crippen LogP contribution is 2.22. The quantitative estimate of drug-likeness (QED) is 0.824. The summed E-state index contributed by atoms with van der Waals surface area (Å²) in [6.07, 6.45) is 1.64. The molecule has 0 aliphatic carbocycles. The molecule has 17 heavy (non-hydrogen) atoms. The van der Waals surface area contributed by atoms with Gasteiger partial charge in [0.15, 0.2) is 0 Å². The Kier molecular flexibility index (Phi) is 5.19. The van der Waals surface area contributed by atoms with E-state index in [9.17, 15) is 0 Å². The van der Waals surface area contributed by atoms with Crippen LogP contribution in [0.1, 0.15) is 33.3 Å². The number of nitrogens with zero attached hydrogens (tertiary/aromatic N) is 3. The lowest BCUT2D eigenvalue weighted by molar-refractivity contribution is 0.613. The van der Waals surface area contributed by atoms with Crippen LogP contribution in [0.25, 0.3) is 0 Å². The molecule has 0 amide bonds. The van der Waals surface area contributed by atoms with Crippen molar-refractivity contribution in [1.82, 2.24) is 9.97 Å². The fraction of sp³-hybridized carbons (Fsp3) is 0.692. The van der Waals surface area contributed by atoms with Crippen LogP contribution in [0.4, 0.5) is 11.6 Å². The Morgan fingerprint density at radius 1 is 1.29 bits per heavy atom. The zero-order chi connectivity index (χ0) is 12.8. The molecular formula is C13H24N4. The monoisotopic (exact) mass is 236 g/mol. The number of rotatable bonds is 6. The molecule has 0 saturated heterocycles. The predicted octanol–water partition coefficient (Wildman–Crippen LogP) is 2.70. The highest BCUT2D eigenvalue weighted by atomic mass is 15.2. The average molecular weight is 236 g/mol. The molecule has 4 heteroatoms. The first-order chi connectivity index (χ1) is 8.10. The van der Waals surface area contributed by atoms with Gasteiger partial charge in [-0.15, -0.1) is 0 Å². The Bertz CT molecular complexity index is 349. The molecule has 0 atom stereocenters. The molecule has 96 valence electrons. The third kappa shape index (κ3) is 3.58. The first kappa shape index (κ1) is 13.7. The van der Waals surface area contributed by atoms with Crippen molar-refractivity contribution in [3.05, 3.63) is 11.9 Å². The summed E-state index contributed by atoms with van der Waals surface area (Å²) in [5, 5.41) is 3.27. The molecule has 1 heterocycles. The van der Waals surface area contributed by atoms with E-state index >= 15 is 0 Å². The Morgan fingerprint density at radius 2 is 2.00 bits per heavy atom. The van der Waals surface area contributed by atoms with E-state index in [0.717, 1.165) is 36.8 Å². The minimum absolute atomic E-state index is 0.631. The Hall–Kier alpha value is -1.32. The summed E-state index contributed by atoms with van der Waals surface area (Å²) in [7, 11) is 0. The second kappa shape index (κ2) is 6.42. The molecule has 1 N–H and O–H groups in total. The third-order valence-electron chi connectivity index (χ3n) is 2.67. The van der Waals surface area contributed by atoms with Gasteiger partial charge in [-0.1, -0.05) is 13.8 Å². The van der Waals surface area contributed by atoms with Crippen molar-refractivity contribution in [2.24, 2.45) is 5.92 Å². The molecular weight excluding hydrogens is 212 g/mol. The van der Waals surface area contributed by atoms with Crippen molar-refractivity contribution in [2.45, 2.75) is 34.6 Å². The van der Waals surface area contributed by atoms with Crippen molar-refractivity contribution < 1.29 is 0 Å². The fourth-order valence-corrected chi connectivity index (χ4v) is 1.91. The minimum atomic E-state index is 0.631. The number of hydrogen-bond acceptors (Lipinski definition) is 4. The smallest absolute Gasteiger partial charge is 0.137 e. The third-order valence-corrected chi connectivity index (χ3v) is 2.67. The van der Waals surface area contributed by atoms with Crippen LogP contribution in [0.2, 0.25) is 0 Å². The maximum Gasteiger partial charge on any atom is 0.137 e. The standard InChI is InChI=1S/C13H24N4/c1-6-14-12-11(5)13(16-9-15-12)17(7-2)8-10(3)4/h9-10H,6-8H2,1-5H3,(H,14,15,16). The van der Waals surface area contributed by atoms with Gasteiger partial charge in [0.1, 0.15) is 18.0 Å². The van der Waals surface area contributed by atoms with E-state index in [0.29, 0.717) is 5.92 Å². The lowest BCUT2D eigenvalue weighted by atomic mass is 10.2. The first-order valence-corrected chi connectivity index (χ1v) is 6.40. The van der Waals surface area contributed by atoms with Crippen LogP contribution in [-0.4, -0.2) is 29.6 Å². The normalized spacial score (nSPS) is 10.7. The van der Waals surface area contributed by atoms with E-state index in [1.165, 1.54) is 0 Å². The molecule has 0 aliphatic heterocycles. The predicted molar refractivity (Wildman–Crippen MR) is 73.7 cm³/mol. The van der Waals surface area contributed by atoms with Gasteiger partial charge in [-0.05, 0) is 26.7 Å². The van der Waals surface area contributed by atoms with Crippen LogP contribution in [0.5, 0.6) is 0 Å². The van der Waals surface area contributed by atoms with E-state index in [1.807, 2.05) is 0 Å². The van der Waals surface area contributed by atoms with Gasteiger partial charge < -0.3 is 10.2 Å². The van der Waals surface area contributed by atoms with Gasteiger partial charge in [-0.2, -0.15) is 0 Å². The van der Waals surface area contributed by atoms with E-state index < -0.39 is 0 Å². The van der Waals surface area contributed by atoms with Crippen LogP contribution in [0, 0.1) is 12.8 Å². The van der Waals surface area contributed by atoms with E-state index in [-0.39, 0.29) is 0 Å². The zero-order valence-corrected chi connectivity index (χ0v) is 11.6. The van der Waals surface area contributed by atoms with Gasteiger partial charge in [-0.25, -0.2) is 9.97 Å². The molecule has 0 saturated carbocycles. The van der Waals surface area contributed by atoms with Crippen molar-refractivity contribution in [3.8, 4) is 0 Å². The van der Waals surface area contributed by atoms with Crippen LogP contribution in [-0.2, 0) is 0 Å². The van der Waals surface area contributed by atoms with E-state index in [2.05, 4.69) is 54.8 Å². The molecule has 0 aliphatic rings. The van der Waals surface area contributed by atoms with Gasteiger partial charge in [-0.3, -0.25) is 0 Å².